The van der Waals surface area contributed by atoms with Crippen LogP contribution in [-0.4, -0.2) is 13.2 Å². The molecule has 0 radical (unpaired) electrons. The lowest BCUT2D eigenvalue weighted by molar-refractivity contribution is 0.170. The van der Waals surface area contributed by atoms with Crippen molar-refractivity contribution in [3.8, 4) is 11.5 Å². The summed E-state index contributed by atoms with van der Waals surface area (Å²) in [4.78, 5) is 0. The van der Waals surface area contributed by atoms with E-state index in [1.807, 2.05) is 12.1 Å². The number of benzene rings is 2. The molecule has 0 saturated carbocycles. The summed E-state index contributed by atoms with van der Waals surface area (Å²) >= 11 is 3.56. The summed E-state index contributed by atoms with van der Waals surface area (Å²) in [7, 11) is 0. The minimum atomic E-state index is 0.609. The summed E-state index contributed by atoms with van der Waals surface area (Å²) < 4.78 is 12.4. The molecule has 4 heteroatoms. The molecule has 20 heavy (non-hydrogen) atoms. The second-order valence-electron chi connectivity index (χ2n) is 4.78. The van der Waals surface area contributed by atoms with Crippen LogP contribution in [0.3, 0.4) is 0 Å². The summed E-state index contributed by atoms with van der Waals surface area (Å²) in [5.74, 6) is 1.69. The third-order valence-electron chi connectivity index (χ3n) is 3.24. The molecular formula is C16H16BrNO2. The lowest BCUT2D eigenvalue weighted by Gasteiger charge is -2.21. The molecule has 1 N–H and O–H groups in total. The van der Waals surface area contributed by atoms with Crippen molar-refractivity contribution in [1.82, 2.24) is 0 Å². The second kappa shape index (κ2) is 5.75. The zero-order valence-corrected chi connectivity index (χ0v) is 12.9. The van der Waals surface area contributed by atoms with Gasteiger partial charge in [-0.15, -0.1) is 0 Å². The number of anilines is 1. The highest BCUT2D eigenvalue weighted by molar-refractivity contribution is 9.10. The fourth-order valence-corrected chi connectivity index (χ4v) is 2.63. The van der Waals surface area contributed by atoms with Gasteiger partial charge >= 0.3 is 0 Å². The van der Waals surface area contributed by atoms with Gasteiger partial charge in [-0.1, -0.05) is 18.2 Å². The standard InChI is InChI=1S/C16H16BrNO2/c1-11-5-6-13(17)14(9-11)18-10-12-3-2-4-15-16(12)20-8-7-19-15/h2-6,9,18H,7-8,10H2,1H3. The summed E-state index contributed by atoms with van der Waals surface area (Å²) in [6.07, 6.45) is 0. The molecule has 0 amide bonds. The summed E-state index contributed by atoms with van der Waals surface area (Å²) in [6.45, 7) is 4.01. The summed E-state index contributed by atoms with van der Waals surface area (Å²) in [5.41, 5.74) is 3.42. The number of halogens is 1. The van der Waals surface area contributed by atoms with Gasteiger partial charge in [-0.2, -0.15) is 0 Å². The van der Waals surface area contributed by atoms with Crippen LogP contribution in [0, 0.1) is 6.92 Å². The maximum atomic E-state index is 5.72. The van der Waals surface area contributed by atoms with E-state index in [2.05, 4.69) is 52.4 Å². The average Bonchev–Trinajstić information content (AvgIpc) is 2.48. The Labute approximate surface area is 127 Å². The Kier molecular flexibility index (Phi) is 3.83. The van der Waals surface area contributed by atoms with Gasteiger partial charge < -0.3 is 14.8 Å². The number of fused-ring (bicyclic) bond motifs is 1. The lowest BCUT2D eigenvalue weighted by atomic mass is 10.1. The molecule has 1 heterocycles. The van der Waals surface area contributed by atoms with Gasteiger partial charge in [0, 0.05) is 22.3 Å². The van der Waals surface area contributed by atoms with Crippen LogP contribution in [0.4, 0.5) is 5.69 Å². The van der Waals surface area contributed by atoms with Crippen molar-refractivity contribution in [2.45, 2.75) is 13.5 Å². The average molecular weight is 334 g/mol. The molecule has 0 atom stereocenters. The Bertz CT molecular complexity index is 628. The molecule has 2 aromatic carbocycles. The van der Waals surface area contributed by atoms with Gasteiger partial charge in [0.15, 0.2) is 11.5 Å². The Morgan fingerprint density at radius 1 is 1.15 bits per heavy atom. The first-order valence-electron chi connectivity index (χ1n) is 6.61. The highest BCUT2D eigenvalue weighted by atomic mass is 79.9. The molecule has 3 rings (SSSR count). The maximum Gasteiger partial charge on any atom is 0.166 e. The van der Waals surface area contributed by atoms with Crippen molar-refractivity contribution >= 4 is 21.6 Å². The molecular weight excluding hydrogens is 318 g/mol. The molecule has 0 spiro atoms. The van der Waals surface area contributed by atoms with Gasteiger partial charge in [-0.25, -0.2) is 0 Å². The van der Waals surface area contributed by atoms with Gasteiger partial charge in [-0.05, 0) is 46.6 Å². The number of para-hydroxylation sites is 1. The third kappa shape index (κ3) is 2.75. The molecule has 2 aromatic rings. The highest BCUT2D eigenvalue weighted by Gasteiger charge is 2.15. The molecule has 104 valence electrons. The van der Waals surface area contributed by atoms with Crippen LogP contribution >= 0.6 is 15.9 Å². The second-order valence-corrected chi connectivity index (χ2v) is 5.63. The zero-order valence-electron chi connectivity index (χ0n) is 11.3. The van der Waals surface area contributed by atoms with Crippen LogP contribution in [0.5, 0.6) is 11.5 Å². The van der Waals surface area contributed by atoms with Crippen LogP contribution in [0.25, 0.3) is 0 Å². The van der Waals surface area contributed by atoms with E-state index in [1.165, 1.54) is 5.56 Å². The number of ether oxygens (including phenoxy) is 2. The van der Waals surface area contributed by atoms with Crippen LogP contribution in [0.1, 0.15) is 11.1 Å². The zero-order chi connectivity index (χ0) is 13.9. The molecule has 0 unspecified atom stereocenters. The van der Waals surface area contributed by atoms with Gasteiger partial charge in [0.25, 0.3) is 0 Å². The molecule has 0 bridgehead atoms. The van der Waals surface area contributed by atoms with Gasteiger partial charge in [0.2, 0.25) is 0 Å². The molecule has 0 saturated heterocycles. The van der Waals surface area contributed by atoms with Crippen molar-refractivity contribution < 1.29 is 9.47 Å². The smallest absolute Gasteiger partial charge is 0.166 e. The van der Waals surface area contributed by atoms with E-state index in [1.54, 1.807) is 0 Å². The van der Waals surface area contributed by atoms with Gasteiger partial charge in [0.05, 0.1) is 0 Å². The van der Waals surface area contributed by atoms with E-state index < -0.39 is 0 Å². The van der Waals surface area contributed by atoms with Crippen LogP contribution in [-0.2, 0) is 6.54 Å². The predicted octanol–water partition coefficient (Wildman–Crippen LogP) is 4.14. The first-order valence-corrected chi connectivity index (χ1v) is 7.41. The summed E-state index contributed by atoms with van der Waals surface area (Å²) in [6, 6.07) is 12.3. The Balaban J connectivity index is 1.80. The Morgan fingerprint density at radius 3 is 2.90 bits per heavy atom. The first-order chi connectivity index (χ1) is 9.74. The van der Waals surface area contributed by atoms with E-state index in [0.29, 0.717) is 19.8 Å². The fraction of sp³-hybridized carbons (Fsp3) is 0.250. The van der Waals surface area contributed by atoms with Crippen LogP contribution in [0.2, 0.25) is 0 Å². The summed E-state index contributed by atoms with van der Waals surface area (Å²) in [5, 5.41) is 3.44. The molecule has 1 aliphatic rings. The fourth-order valence-electron chi connectivity index (χ4n) is 2.24. The lowest BCUT2D eigenvalue weighted by Crippen LogP contribution is -2.17. The third-order valence-corrected chi connectivity index (χ3v) is 3.93. The molecule has 3 nitrogen and oxygen atoms in total. The maximum absolute atomic E-state index is 5.72. The number of aryl methyl sites for hydroxylation is 1. The van der Waals surface area contributed by atoms with Crippen molar-refractivity contribution in [3.63, 3.8) is 0 Å². The van der Waals surface area contributed by atoms with E-state index in [-0.39, 0.29) is 0 Å². The number of hydrogen-bond acceptors (Lipinski definition) is 3. The normalized spacial score (nSPS) is 13.1. The number of rotatable bonds is 3. The molecule has 0 fully saturated rings. The molecule has 1 aliphatic heterocycles. The van der Waals surface area contributed by atoms with Crippen molar-refractivity contribution in [2.24, 2.45) is 0 Å². The van der Waals surface area contributed by atoms with Gasteiger partial charge in [-0.3, -0.25) is 0 Å². The minimum absolute atomic E-state index is 0.609. The minimum Gasteiger partial charge on any atom is -0.486 e. The van der Waals surface area contributed by atoms with Crippen LogP contribution < -0.4 is 14.8 Å². The first kappa shape index (κ1) is 13.3. The van der Waals surface area contributed by atoms with E-state index >= 15 is 0 Å². The monoisotopic (exact) mass is 333 g/mol. The van der Waals surface area contributed by atoms with Crippen molar-refractivity contribution in [1.29, 1.82) is 0 Å². The van der Waals surface area contributed by atoms with Crippen molar-refractivity contribution in [3.05, 3.63) is 52.0 Å². The quantitative estimate of drug-likeness (QED) is 0.915. The van der Waals surface area contributed by atoms with E-state index in [4.69, 9.17) is 9.47 Å². The number of hydrogen-bond donors (Lipinski definition) is 1. The predicted molar refractivity (Wildman–Crippen MR) is 83.6 cm³/mol. The molecule has 0 aromatic heterocycles. The van der Waals surface area contributed by atoms with E-state index in [0.717, 1.165) is 27.2 Å². The highest BCUT2D eigenvalue weighted by Crippen LogP contribution is 2.34. The Hall–Kier alpha value is -1.68. The largest absolute Gasteiger partial charge is 0.486 e. The topological polar surface area (TPSA) is 30.5 Å². The van der Waals surface area contributed by atoms with Gasteiger partial charge in [0.1, 0.15) is 13.2 Å². The van der Waals surface area contributed by atoms with Crippen LogP contribution in [0.15, 0.2) is 40.9 Å². The molecule has 0 aliphatic carbocycles. The SMILES string of the molecule is Cc1ccc(Br)c(NCc2cccc3c2OCCO3)c1. The van der Waals surface area contributed by atoms with Crippen molar-refractivity contribution in [2.75, 3.05) is 18.5 Å². The van der Waals surface area contributed by atoms with E-state index in [9.17, 15) is 0 Å². The Morgan fingerprint density at radius 2 is 2.00 bits per heavy atom. The number of nitrogens with one attached hydrogen (secondary N) is 1.